The summed E-state index contributed by atoms with van der Waals surface area (Å²) in [6.07, 6.45) is 12.4. The molecular formula is C19H30ClN. The summed E-state index contributed by atoms with van der Waals surface area (Å²) in [5.41, 5.74) is 4.67. The van der Waals surface area contributed by atoms with Gasteiger partial charge in [-0.15, -0.1) is 12.4 Å². The molecule has 1 atom stereocenters. The zero-order chi connectivity index (χ0) is 13.8. The van der Waals surface area contributed by atoms with Crippen LogP contribution < -0.4 is 5.32 Å². The first kappa shape index (κ1) is 16.8. The molecule has 0 amide bonds. The maximum atomic E-state index is 3.67. The summed E-state index contributed by atoms with van der Waals surface area (Å²) in [5, 5.41) is 3.67. The molecule has 1 aromatic carbocycles. The Balaban J connectivity index is 0.00000161. The summed E-state index contributed by atoms with van der Waals surface area (Å²) < 4.78 is 0. The van der Waals surface area contributed by atoms with E-state index in [1.165, 1.54) is 69.9 Å². The van der Waals surface area contributed by atoms with Gasteiger partial charge in [-0.2, -0.15) is 0 Å². The van der Waals surface area contributed by atoms with Crippen LogP contribution in [-0.2, 0) is 6.42 Å². The zero-order valence-electron chi connectivity index (χ0n) is 13.4. The normalized spacial score (nSPS) is 23.6. The third-order valence-electron chi connectivity index (χ3n) is 5.32. The van der Waals surface area contributed by atoms with E-state index >= 15 is 0 Å². The van der Waals surface area contributed by atoms with Gasteiger partial charge in [0.1, 0.15) is 0 Å². The fourth-order valence-corrected chi connectivity index (χ4v) is 4.00. The van der Waals surface area contributed by atoms with Crippen LogP contribution in [0.3, 0.4) is 0 Å². The summed E-state index contributed by atoms with van der Waals surface area (Å²) in [6, 6.07) is 8.02. The minimum Gasteiger partial charge on any atom is -0.314 e. The molecule has 3 rings (SSSR count). The third kappa shape index (κ3) is 4.47. The van der Waals surface area contributed by atoms with Gasteiger partial charge in [0.25, 0.3) is 0 Å². The van der Waals surface area contributed by atoms with Crippen molar-refractivity contribution >= 4 is 12.4 Å². The summed E-state index contributed by atoms with van der Waals surface area (Å²) in [7, 11) is 0. The van der Waals surface area contributed by atoms with Gasteiger partial charge in [-0.25, -0.2) is 0 Å². The van der Waals surface area contributed by atoms with E-state index in [4.69, 9.17) is 0 Å². The van der Waals surface area contributed by atoms with Crippen LogP contribution in [0.1, 0.15) is 74.0 Å². The summed E-state index contributed by atoms with van der Waals surface area (Å²) in [6.45, 7) is 3.52. The Bertz CT molecular complexity index is 431. The first-order chi connectivity index (χ1) is 9.83. The number of hydrogen-bond acceptors (Lipinski definition) is 1. The van der Waals surface area contributed by atoms with Crippen molar-refractivity contribution in [3.8, 4) is 0 Å². The van der Waals surface area contributed by atoms with Crippen LogP contribution in [0.2, 0.25) is 0 Å². The van der Waals surface area contributed by atoms with Crippen molar-refractivity contribution in [2.45, 2.75) is 76.7 Å². The molecule has 1 unspecified atom stereocenters. The molecule has 2 aliphatic rings. The third-order valence-corrected chi connectivity index (χ3v) is 5.32. The lowest BCUT2D eigenvalue weighted by Gasteiger charge is -2.25. The highest BCUT2D eigenvalue weighted by Crippen LogP contribution is 2.33. The largest absolute Gasteiger partial charge is 0.314 e. The topological polar surface area (TPSA) is 12.0 Å². The van der Waals surface area contributed by atoms with Gasteiger partial charge in [-0.3, -0.25) is 0 Å². The molecule has 0 radical (unpaired) electrons. The van der Waals surface area contributed by atoms with Crippen LogP contribution in [-0.4, -0.2) is 12.6 Å². The standard InChI is InChI=1S/C19H29N.ClH/c1-15-13-18(16-7-3-2-4-8-16)11-10-17(15)14-19-9-5-6-12-20-19;/h10-11,13,16,19-20H,2-9,12,14H2,1H3;1H. The van der Waals surface area contributed by atoms with Gasteiger partial charge >= 0.3 is 0 Å². The molecule has 0 bridgehead atoms. The Kier molecular flexibility index (Phi) is 6.57. The fraction of sp³-hybridized carbons (Fsp3) is 0.684. The minimum absolute atomic E-state index is 0. The van der Waals surface area contributed by atoms with Crippen LogP contribution in [0.15, 0.2) is 18.2 Å². The minimum atomic E-state index is 0. The molecule has 1 aromatic rings. The second kappa shape index (κ2) is 8.19. The maximum absolute atomic E-state index is 3.67. The first-order valence-electron chi connectivity index (χ1n) is 8.66. The van der Waals surface area contributed by atoms with Crippen LogP contribution in [0.5, 0.6) is 0 Å². The molecule has 2 fully saturated rings. The van der Waals surface area contributed by atoms with Gasteiger partial charge in [-0.05, 0) is 68.2 Å². The predicted molar refractivity (Wildman–Crippen MR) is 93.6 cm³/mol. The molecule has 1 saturated carbocycles. The van der Waals surface area contributed by atoms with E-state index in [-0.39, 0.29) is 12.4 Å². The molecule has 21 heavy (non-hydrogen) atoms. The van der Waals surface area contributed by atoms with Crippen LogP contribution in [0.25, 0.3) is 0 Å². The highest BCUT2D eigenvalue weighted by Gasteiger charge is 2.17. The van der Waals surface area contributed by atoms with E-state index in [2.05, 4.69) is 30.4 Å². The predicted octanol–water partition coefficient (Wildman–Crippen LogP) is 5.15. The van der Waals surface area contributed by atoms with Crippen molar-refractivity contribution in [2.75, 3.05) is 6.54 Å². The van der Waals surface area contributed by atoms with E-state index in [0.717, 1.165) is 5.92 Å². The highest BCUT2D eigenvalue weighted by molar-refractivity contribution is 5.85. The van der Waals surface area contributed by atoms with Crippen molar-refractivity contribution in [1.29, 1.82) is 0 Å². The Morgan fingerprint density at radius 2 is 1.76 bits per heavy atom. The fourth-order valence-electron chi connectivity index (χ4n) is 4.00. The van der Waals surface area contributed by atoms with Crippen molar-refractivity contribution in [1.82, 2.24) is 5.32 Å². The Morgan fingerprint density at radius 3 is 2.43 bits per heavy atom. The zero-order valence-corrected chi connectivity index (χ0v) is 14.2. The number of benzene rings is 1. The monoisotopic (exact) mass is 307 g/mol. The SMILES string of the molecule is Cc1cc(C2CCCCC2)ccc1CC1CCCCN1.Cl. The Labute approximate surface area is 136 Å². The number of halogens is 1. The van der Waals surface area contributed by atoms with Gasteiger partial charge in [0.15, 0.2) is 0 Å². The number of hydrogen-bond donors (Lipinski definition) is 1. The second-order valence-electron chi connectivity index (χ2n) is 6.87. The van der Waals surface area contributed by atoms with E-state index in [1.807, 2.05) is 0 Å². The average molecular weight is 308 g/mol. The quantitative estimate of drug-likeness (QED) is 0.814. The first-order valence-corrected chi connectivity index (χ1v) is 8.66. The second-order valence-corrected chi connectivity index (χ2v) is 6.87. The molecular weight excluding hydrogens is 278 g/mol. The lowest BCUT2D eigenvalue weighted by atomic mass is 9.82. The van der Waals surface area contributed by atoms with E-state index in [1.54, 1.807) is 11.1 Å². The van der Waals surface area contributed by atoms with Crippen molar-refractivity contribution in [2.24, 2.45) is 0 Å². The average Bonchev–Trinajstić information content (AvgIpc) is 2.51. The lowest BCUT2D eigenvalue weighted by molar-refractivity contribution is 0.399. The Hall–Kier alpha value is -0.530. The van der Waals surface area contributed by atoms with Gasteiger partial charge in [0, 0.05) is 6.04 Å². The molecule has 1 nitrogen and oxygen atoms in total. The van der Waals surface area contributed by atoms with Gasteiger partial charge in [0.2, 0.25) is 0 Å². The van der Waals surface area contributed by atoms with Gasteiger partial charge in [-0.1, -0.05) is 43.9 Å². The highest BCUT2D eigenvalue weighted by atomic mass is 35.5. The molecule has 1 aliphatic heterocycles. The van der Waals surface area contributed by atoms with Crippen LogP contribution >= 0.6 is 12.4 Å². The number of nitrogens with one attached hydrogen (secondary N) is 1. The van der Waals surface area contributed by atoms with Crippen LogP contribution in [0, 0.1) is 6.92 Å². The molecule has 1 aliphatic carbocycles. The molecule has 118 valence electrons. The van der Waals surface area contributed by atoms with E-state index in [9.17, 15) is 0 Å². The van der Waals surface area contributed by atoms with Crippen LogP contribution in [0.4, 0.5) is 0 Å². The molecule has 1 saturated heterocycles. The van der Waals surface area contributed by atoms with Crippen molar-refractivity contribution in [3.63, 3.8) is 0 Å². The number of rotatable bonds is 3. The van der Waals surface area contributed by atoms with Gasteiger partial charge in [0.05, 0.1) is 0 Å². The number of aryl methyl sites for hydroxylation is 1. The molecule has 1 N–H and O–H groups in total. The smallest absolute Gasteiger partial charge is 0.0108 e. The van der Waals surface area contributed by atoms with E-state index in [0.29, 0.717) is 6.04 Å². The summed E-state index contributed by atoms with van der Waals surface area (Å²) in [4.78, 5) is 0. The Morgan fingerprint density at radius 1 is 1.00 bits per heavy atom. The summed E-state index contributed by atoms with van der Waals surface area (Å²) in [5.74, 6) is 0.837. The van der Waals surface area contributed by atoms with Crippen molar-refractivity contribution in [3.05, 3.63) is 34.9 Å². The number of piperidine rings is 1. The van der Waals surface area contributed by atoms with E-state index < -0.39 is 0 Å². The molecule has 1 heterocycles. The maximum Gasteiger partial charge on any atom is 0.0108 e. The van der Waals surface area contributed by atoms with Crippen molar-refractivity contribution < 1.29 is 0 Å². The van der Waals surface area contributed by atoms with Gasteiger partial charge < -0.3 is 5.32 Å². The molecule has 0 spiro atoms. The lowest BCUT2D eigenvalue weighted by Crippen LogP contribution is -2.35. The molecule has 2 heteroatoms. The molecule has 0 aromatic heterocycles. The summed E-state index contributed by atoms with van der Waals surface area (Å²) >= 11 is 0.